The van der Waals surface area contributed by atoms with Crippen molar-refractivity contribution in [1.82, 2.24) is 5.06 Å². The molecule has 1 aromatic rings. The van der Waals surface area contributed by atoms with E-state index in [-0.39, 0.29) is 11.3 Å². The average Bonchev–Trinajstić information content (AvgIpc) is 2.90. The van der Waals surface area contributed by atoms with Crippen molar-refractivity contribution in [1.29, 1.82) is 0 Å². The predicted molar refractivity (Wildman–Crippen MR) is 73.5 cm³/mol. The van der Waals surface area contributed by atoms with E-state index in [2.05, 4.69) is 0 Å². The van der Waals surface area contributed by atoms with Crippen LogP contribution in [0.2, 0.25) is 0 Å². The number of hydroxylamine groups is 2. The van der Waals surface area contributed by atoms with Crippen LogP contribution >= 0.6 is 0 Å². The van der Waals surface area contributed by atoms with Gasteiger partial charge in [-0.2, -0.15) is 5.06 Å². The quantitative estimate of drug-likeness (QED) is 0.279. The Labute approximate surface area is 121 Å². The number of ketones is 1. The third-order valence-electron chi connectivity index (χ3n) is 3.08. The first-order valence-corrected chi connectivity index (χ1v) is 6.40. The Morgan fingerprint density at radius 2 is 2.00 bits per heavy atom. The monoisotopic (exact) mass is 292 g/mol. The van der Waals surface area contributed by atoms with Crippen LogP contribution in [0.1, 0.15) is 38.1 Å². The van der Waals surface area contributed by atoms with E-state index in [4.69, 9.17) is 4.84 Å². The van der Waals surface area contributed by atoms with Gasteiger partial charge >= 0.3 is 0 Å². The van der Waals surface area contributed by atoms with Gasteiger partial charge in [-0.05, 0) is 27.7 Å². The minimum atomic E-state index is -1.41. The number of nitro benzene ring substituents is 1. The number of rotatable bonds is 4. The molecule has 0 radical (unpaired) electrons. The van der Waals surface area contributed by atoms with Crippen LogP contribution in [0, 0.1) is 10.1 Å². The van der Waals surface area contributed by atoms with Crippen LogP contribution in [0.25, 0.3) is 0 Å². The fourth-order valence-corrected chi connectivity index (χ4v) is 1.92. The first-order valence-electron chi connectivity index (χ1n) is 6.40. The second-order valence-corrected chi connectivity index (χ2v) is 6.01. The minimum absolute atomic E-state index is 0.111. The Hall–Kier alpha value is -2.28. The van der Waals surface area contributed by atoms with Crippen LogP contribution < -0.4 is 0 Å². The number of carbonyl (C=O) groups excluding carboxylic acids is 2. The number of hydrogen-bond donors (Lipinski definition) is 0. The summed E-state index contributed by atoms with van der Waals surface area (Å²) in [4.78, 5) is 39.9. The molecule has 0 saturated carbocycles. The molecule has 1 amide bonds. The third-order valence-corrected chi connectivity index (χ3v) is 3.08. The molecular weight excluding hydrogens is 276 g/mol. The lowest BCUT2D eigenvalue weighted by Crippen LogP contribution is -2.31. The average molecular weight is 292 g/mol. The summed E-state index contributed by atoms with van der Waals surface area (Å²) < 4.78 is 0. The fourth-order valence-electron chi connectivity index (χ4n) is 1.92. The summed E-state index contributed by atoms with van der Waals surface area (Å²) in [6.45, 7) is 6.73. The lowest BCUT2D eigenvalue weighted by atomic mass is 9.99. The van der Waals surface area contributed by atoms with Crippen LogP contribution in [0.5, 0.6) is 0 Å². The molecule has 0 N–H and O–H groups in total. The van der Waals surface area contributed by atoms with E-state index in [1.807, 2.05) is 0 Å². The molecule has 1 fully saturated rings. The number of carbonyl (C=O) groups is 2. The lowest BCUT2D eigenvalue weighted by molar-refractivity contribution is -0.384. The molecule has 0 aliphatic carbocycles. The summed E-state index contributed by atoms with van der Waals surface area (Å²) in [7, 11) is 0. The number of nitrogens with zero attached hydrogens (tertiary/aromatic N) is 2. The van der Waals surface area contributed by atoms with Gasteiger partial charge in [0.05, 0.1) is 10.5 Å². The molecule has 112 valence electrons. The number of nitro groups is 1. The summed E-state index contributed by atoms with van der Waals surface area (Å²) in [5.74, 6) is -0.964. The van der Waals surface area contributed by atoms with Crippen molar-refractivity contribution in [3.05, 3.63) is 39.9 Å². The largest absolute Gasteiger partial charge is 0.291 e. The van der Waals surface area contributed by atoms with E-state index in [9.17, 15) is 19.7 Å². The first-order chi connectivity index (χ1) is 9.57. The highest BCUT2D eigenvalue weighted by Gasteiger charge is 2.67. The van der Waals surface area contributed by atoms with Gasteiger partial charge in [-0.15, -0.1) is 0 Å². The Kier molecular flexibility index (Phi) is 3.33. The third kappa shape index (κ3) is 2.64. The molecule has 7 heteroatoms. The summed E-state index contributed by atoms with van der Waals surface area (Å²) in [5.41, 5.74) is -2.11. The molecule has 0 aromatic heterocycles. The van der Waals surface area contributed by atoms with Gasteiger partial charge < -0.3 is 0 Å². The van der Waals surface area contributed by atoms with Gasteiger partial charge in [0.1, 0.15) is 0 Å². The SMILES string of the molecule is CC(C)(C)ON1C(=O)[C@]1(C)C(=O)c1cccc([N+](=O)[O-])c1. The molecule has 2 rings (SSSR count). The maximum atomic E-state index is 12.4. The highest BCUT2D eigenvalue weighted by molar-refractivity contribution is 6.26. The molecule has 21 heavy (non-hydrogen) atoms. The molecule has 0 spiro atoms. The minimum Gasteiger partial charge on any atom is -0.291 e. The zero-order valence-electron chi connectivity index (χ0n) is 12.2. The molecular formula is C14H16N2O5. The van der Waals surface area contributed by atoms with E-state index in [1.165, 1.54) is 25.1 Å². The van der Waals surface area contributed by atoms with E-state index in [0.717, 1.165) is 11.1 Å². The van der Waals surface area contributed by atoms with E-state index >= 15 is 0 Å². The summed E-state index contributed by atoms with van der Waals surface area (Å²) in [6, 6.07) is 5.31. The maximum Gasteiger partial charge on any atom is 0.283 e. The maximum absolute atomic E-state index is 12.4. The lowest BCUT2D eigenvalue weighted by Gasteiger charge is -2.20. The molecule has 1 aliphatic heterocycles. The van der Waals surface area contributed by atoms with Gasteiger partial charge in [0.25, 0.3) is 11.6 Å². The molecule has 0 bridgehead atoms. The van der Waals surface area contributed by atoms with Crippen LogP contribution in [-0.2, 0) is 9.63 Å². The van der Waals surface area contributed by atoms with Crippen molar-refractivity contribution in [2.24, 2.45) is 0 Å². The van der Waals surface area contributed by atoms with Crippen LogP contribution in [0.4, 0.5) is 5.69 Å². The standard InChI is InChI=1S/C14H16N2O5/c1-13(2,3)21-15-12(18)14(15,4)11(17)9-6-5-7-10(8-9)16(19)20/h5-8H,1-4H3/t14-,15?/m0/s1. The van der Waals surface area contributed by atoms with Crippen molar-refractivity contribution >= 4 is 17.4 Å². The molecule has 1 saturated heterocycles. The van der Waals surface area contributed by atoms with Gasteiger partial charge in [-0.25, -0.2) is 0 Å². The molecule has 0 unspecified atom stereocenters. The molecule has 1 aliphatic rings. The second-order valence-electron chi connectivity index (χ2n) is 6.01. The van der Waals surface area contributed by atoms with Crippen molar-refractivity contribution in [2.75, 3.05) is 0 Å². The van der Waals surface area contributed by atoms with E-state index < -0.39 is 27.8 Å². The van der Waals surface area contributed by atoms with Crippen molar-refractivity contribution < 1.29 is 19.3 Å². The number of amides is 1. The zero-order valence-corrected chi connectivity index (χ0v) is 12.2. The highest BCUT2D eigenvalue weighted by Crippen LogP contribution is 2.39. The number of hydrogen-bond acceptors (Lipinski definition) is 5. The summed E-state index contributed by atoms with van der Waals surface area (Å²) in [5, 5.41) is 11.8. The normalized spacial score (nSPS) is 21.3. The fraction of sp³-hybridized carbons (Fsp3) is 0.429. The van der Waals surface area contributed by atoms with Gasteiger partial charge in [0.2, 0.25) is 11.3 Å². The summed E-state index contributed by atoms with van der Waals surface area (Å²) in [6.07, 6.45) is 0. The molecule has 7 nitrogen and oxygen atoms in total. The van der Waals surface area contributed by atoms with Gasteiger partial charge in [0.15, 0.2) is 0 Å². The van der Waals surface area contributed by atoms with Gasteiger partial charge in [0, 0.05) is 17.7 Å². The van der Waals surface area contributed by atoms with Crippen LogP contribution in [0.3, 0.4) is 0 Å². The van der Waals surface area contributed by atoms with E-state index in [1.54, 1.807) is 20.8 Å². The zero-order chi connectivity index (χ0) is 16.0. The van der Waals surface area contributed by atoms with Crippen molar-refractivity contribution in [3.8, 4) is 0 Å². The molecule has 1 heterocycles. The first kappa shape index (κ1) is 15.1. The van der Waals surface area contributed by atoms with Crippen LogP contribution in [0.15, 0.2) is 24.3 Å². The summed E-state index contributed by atoms with van der Waals surface area (Å²) >= 11 is 0. The predicted octanol–water partition coefficient (Wildman–Crippen LogP) is 2.11. The topological polar surface area (TPSA) is 89.5 Å². The number of non-ortho nitro benzene ring substituents is 1. The van der Waals surface area contributed by atoms with E-state index in [0.29, 0.717) is 0 Å². The Balaban J connectivity index is 2.27. The highest BCUT2D eigenvalue weighted by atomic mass is 16.7. The van der Waals surface area contributed by atoms with Crippen LogP contribution in [-0.4, -0.2) is 32.8 Å². The van der Waals surface area contributed by atoms with Crippen molar-refractivity contribution in [3.63, 3.8) is 0 Å². The van der Waals surface area contributed by atoms with Crippen molar-refractivity contribution in [2.45, 2.75) is 38.8 Å². The number of Topliss-reactive ketones (excluding diaryl/α,β-unsaturated/α-hetero) is 1. The van der Waals surface area contributed by atoms with Gasteiger partial charge in [-0.3, -0.25) is 24.5 Å². The van der Waals surface area contributed by atoms with Gasteiger partial charge in [-0.1, -0.05) is 12.1 Å². The molecule has 1 atom stereocenters. The second kappa shape index (κ2) is 4.63. The Morgan fingerprint density at radius 1 is 1.38 bits per heavy atom. The Morgan fingerprint density at radius 3 is 2.52 bits per heavy atom. The molecule has 1 aromatic carbocycles. The Bertz CT molecular complexity index is 634. The smallest absolute Gasteiger partial charge is 0.283 e. The number of benzene rings is 1.